The van der Waals surface area contributed by atoms with E-state index in [1.165, 1.54) is 22.3 Å². The molecule has 0 aliphatic heterocycles. The number of nitrogens with zero attached hydrogens (tertiary/aromatic N) is 4. The highest BCUT2D eigenvalue weighted by molar-refractivity contribution is 7.21. The van der Waals surface area contributed by atoms with Gasteiger partial charge in [0.05, 0.1) is 10.2 Å². The Morgan fingerprint density at radius 1 is 0.311 bits per heavy atom. The van der Waals surface area contributed by atoms with Crippen molar-refractivity contribution < 1.29 is 0 Å². The fourth-order valence-corrected chi connectivity index (χ4v) is 6.44. The minimum absolute atomic E-state index is 0.639. The van der Waals surface area contributed by atoms with E-state index in [0.29, 0.717) is 17.5 Å². The minimum atomic E-state index is 0.639. The summed E-state index contributed by atoms with van der Waals surface area (Å²) < 4.78 is 1.09. The predicted octanol–water partition coefficient (Wildman–Crippen LogP) is 10.5. The second kappa shape index (κ2) is 11.7. The molecule has 0 aliphatic carbocycles. The molecule has 45 heavy (non-hydrogen) atoms. The summed E-state index contributed by atoms with van der Waals surface area (Å²) in [4.78, 5) is 19.6. The summed E-state index contributed by atoms with van der Waals surface area (Å²) in [6.07, 6.45) is 0. The summed E-state index contributed by atoms with van der Waals surface area (Å²) in [7, 11) is 0. The van der Waals surface area contributed by atoms with E-state index in [0.717, 1.165) is 37.5 Å². The van der Waals surface area contributed by atoms with Crippen molar-refractivity contribution >= 4 is 21.6 Å². The van der Waals surface area contributed by atoms with Crippen LogP contribution in [-0.2, 0) is 0 Å². The van der Waals surface area contributed by atoms with Gasteiger partial charge in [0.25, 0.3) is 0 Å². The van der Waals surface area contributed by atoms with Crippen molar-refractivity contribution in [1.29, 1.82) is 0 Å². The second-order valence-electron chi connectivity index (χ2n) is 10.8. The lowest BCUT2D eigenvalue weighted by molar-refractivity contribution is 1.07. The van der Waals surface area contributed by atoms with Crippen molar-refractivity contribution in [1.82, 2.24) is 19.9 Å². The highest BCUT2D eigenvalue weighted by atomic mass is 32.1. The number of thiazole rings is 1. The van der Waals surface area contributed by atoms with E-state index in [9.17, 15) is 0 Å². The number of hydrogen-bond donors (Lipinski definition) is 0. The minimum Gasteiger partial charge on any atom is -0.236 e. The van der Waals surface area contributed by atoms with E-state index in [2.05, 4.69) is 91.0 Å². The number of aromatic nitrogens is 4. The van der Waals surface area contributed by atoms with Crippen molar-refractivity contribution in [3.63, 3.8) is 0 Å². The molecule has 8 rings (SSSR count). The first-order valence-corrected chi connectivity index (χ1v) is 15.6. The van der Waals surface area contributed by atoms with Gasteiger partial charge in [-0.2, -0.15) is 0 Å². The molecule has 6 aromatic carbocycles. The third kappa shape index (κ3) is 5.53. The lowest BCUT2D eigenvalue weighted by Gasteiger charge is -2.08. The monoisotopic (exact) mass is 594 g/mol. The number of benzene rings is 6. The van der Waals surface area contributed by atoms with Crippen LogP contribution in [0, 0.1) is 0 Å². The molecule has 8 aromatic rings. The van der Waals surface area contributed by atoms with Crippen LogP contribution in [-0.4, -0.2) is 19.9 Å². The van der Waals surface area contributed by atoms with Gasteiger partial charge in [0.15, 0.2) is 17.5 Å². The summed E-state index contributed by atoms with van der Waals surface area (Å²) in [5.41, 5.74) is 9.67. The molecule has 4 nitrogen and oxygen atoms in total. The Morgan fingerprint density at radius 3 is 1.36 bits per heavy atom. The quantitative estimate of drug-likeness (QED) is 0.192. The van der Waals surface area contributed by atoms with Crippen molar-refractivity contribution in [3.8, 4) is 67.0 Å². The third-order valence-corrected chi connectivity index (χ3v) is 8.85. The predicted molar refractivity (Wildman–Crippen MR) is 186 cm³/mol. The Labute approximate surface area is 265 Å². The molecule has 5 heteroatoms. The topological polar surface area (TPSA) is 51.6 Å². The van der Waals surface area contributed by atoms with E-state index in [1.807, 2.05) is 66.7 Å². The smallest absolute Gasteiger partial charge is 0.164 e. The van der Waals surface area contributed by atoms with E-state index in [-0.39, 0.29) is 0 Å². The van der Waals surface area contributed by atoms with Gasteiger partial charge in [-0.05, 0) is 46.5 Å². The molecule has 0 saturated carbocycles. The molecule has 0 fully saturated rings. The third-order valence-electron chi connectivity index (χ3n) is 7.78. The van der Waals surface area contributed by atoms with E-state index in [4.69, 9.17) is 19.9 Å². The largest absolute Gasteiger partial charge is 0.236 e. The molecule has 0 aliphatic rings. The van der Waals surface area contributed by atoms with Crippen molar-refractivity contribution in [2.24, 2.45) is 0 Å². The van der Waals surface area contributed by atoms with Gasteiger partial charge in [-0.15, -0.1) is 11.3 Å². The zero-order chi connectivity index (χ0) is 30.0. The Hall–Kier alpha value is -5.78. The zero-order valence-electron chi connectivity index (χ0n) is 24.2. The van der Waals surface area contributed by atoms with E-state index in [1.54, 1.807) is 11.3 Å². The number of rotatable bonds is 6. The summed E-state index contributed by atoms with van der Waals surface area (Å²) in [5.74, 6) is 1.94. The van der Waals surface area contributed by atoms with Crippen LogP contribution in [0.1, 0.15) is 0 Å². The van der Waals surface area contributed by atoms with Gasteiger partial charge in [-0.25, -0.2) is 19.9 Å². The highest BCUT2D eigenvalue weighted by Gasteiger charge is 2.14. The van der Waals surface area contributed by atoms with Gasteiger partial charge in [-0.1, -0.05) is 133 Å². The summed E-state index contributed by atoms with van der Waals surface area (Å²) >= 11 is 1.68. The number of hydrogen-bond acceptors (Lipinski definition) is 5. The first-order chi connectivity index (χ1) is 22.3. The van der Waals surface area contributed by atoms with Crippen molar-refractivity contribution in [2.45, 2.75) is 0 Å². The van der Waals surface area contributed by atoms with Gasteiger partial charge < -0.3 is 0 Å². The lowest BCUT2D eigenvalue weighted by atomic mass is 9.99. The molecule has 2 aromatic heterocycles. The second-order valence-corrected chi connectivity index (χ2v) is 11.8. The average molecular weight is 595 g/mol. The molecule has 2 heterocycles. The van der Waals surface area contributed by atoms with Gasteiger partial charge in [0.1, 0.15) is 5.01 Å². The van der Waals surface area contributed by atoms with Crippen molar-refractivity contribution in [2.75, 3.05) is 0 Å². The molecule has 212 valence electrons. The molecule has 0 unspecified atom stereocenters. The Morgan fingerprint density at radius 2 is 0.756 bits per heavy atom. The maximum atomic E-state index is 5.00. The SMILES string of the molecule is c1ccc(-c2ccc(-c3cccc(-c4nc5ccc(-c6nc(-c7ccccc7)nc(-c7ccccc7)n6)cc5s4)c3)cc2)cc1. The highest BCUT2D eigenvalue weighted by Crippen LogP contribution is 2.35. The Kier molecular flexibility index (Phi) is 6.98. The van der Waals surface area contributed by atoms with E-state index >= 15 is 0 Å². The van der Waals surface area contributed by atoms with Crippen LogP contribution < -0.4 is 0 Å². The molecule has 0 bridgehead atoms. The van der Waals surface area contributed by atoms with Gasteiger partial charge in [0.2, 0.25) is 0 Å². The average Bonchev–Trinajstić information content (AvgIpc) is 3.57. The summed E-state index contributed by atoms with van der Waals surface area (Å²) in [5, 5.41) is 0.982. The van der Waals surface area contributed by atoms with Crippen LogP contribution in [0.5, 0.6) is 0 Å². The van der Waals surface area contributed by atoms with E-state index < -0.39 is 0 Å². The van der Waals surface area contributed by atoms with Crippen LogP contribution in [0.15, 0.2) is 158 Å². The maximum Gasteiger partial charge on any atom is 0.164 e. The first kappa shape index (κ1) is 26.8. The van der Waals surface area contributed by atoms with Crippen LogP contribution in [0.2, 0.25) is 0 Å². The Balaban J connectivity index is 1.14. The lowest BCUT2D eigenvalue weighted by Crippen LogP contribution is -1.99. The molecule has 0 spiro atoms. The molecular weight excluding hydrogens is 569 g/mol. The maximum absolute atomic E-state index is 5.00. The summed E-state index contributed by atoms with van der Waals surface area (Å²) in [6.45, 7) is 0. The molecule has 0 amide bonds. The van der Waals surface area contributed by atoms with Gasteiger partial charge in [0, 0.05) is 22.3 Å². The standard InChI is InChI=1S/C40H26N4S/c1-4-11-27(12-5-1)28-19-21-29(22-20-28)32-17-10-18-34(25-32)40-41-35-24-23-33(26-36(35)45-40)39-43-37(30-13-6-2-7-14-30)42-38(44-39)31-15-8-3-9-16-31/h1-26H. The van der Waals surface area contributed by atoms with Crippen LogP contribution in [0.25, 0.3) is 77.2 Å². The van der Waals surface area contributed by atoms with Gasteiger partial charge in [-0.3, -0.25) is 0 Å². The van der Waals surface area contributed by atoms with Crippen LogP contribution >= 0.6 is 11.3 Å². The fraction of sp³-hybridized carbons (Fsp3) is 0. The molecule has 0 atom stereocenters. The normalized spacial score (nSPS) is 11.1. The zero-order valence-corrected chi connectivity index (χ0v) is 25.0. The van der Waals surface area contributed by atoms with Gasteiger partial charge >= 0.3 is 0 Å². The molecule has 0 N–H and O–H groups in total. The van der Waals surface area contributed by atoms with Crippen LogP contribution in [0.3, 0.4) is 0 Å². The summed E-state index contributed by atoms with van der Waals surface area (Å²) in [6, 6.07) is 54.2. The molecule has 0 saturated heterocycles. The van der Waals surface area contributed by atoms with Crippen LogP contribution in [0.4, 0.5) is 0 Å². The first-order valence-electron chi connectivity index (χ1n) is 14.8. The Bertz CT molecular complexity index is 2190. The van der Waals surface area contributed by atoms with Crippen molar-refractivity contribution in [3.05, 3.63) is 158 Å². The molecule has 0 radical (unpaired) electrons. The number of fused-ring (bicyclic) bond motifs is 1. The molecular formula is C40H26N4S. The fourth-order valence-electron chi connectivity index (χ4n) is 5.44.